The van der Waals surface area contributed by atoms with Gasteiger partial charge in [0.15, 0.2) is 11.5 Å². The van der Waals surface area contributed by atoms with Crippen LogP contribution in [0.25, 0.3) is 0 Å². The van der Waals surface area contributed by atoms with Gasteiger partial charge >= 0.3 is 0 Å². The Labute approximate surface area is 117 Å². The van der Waals surface area contributed by atoms with E-state index < -0.39 is 0 Å². The lowest BCUT2D eigenvalue weighted by atomic mass is 10.1. The van der Waals surface area contributed by atoms with Gasteiger partial charge in [-0.15, -0.1) is 0 Å². The summed E-state index contributed by atoms with van der Waals surface area (Å²) < 4.78 is 4.93. The Bertz CT molecular complexity index is 626. The molecule has 0 radical (unpaired) electrons. The van der Waals surface area contributed by atoms with Crippen molar-refractivity contribution in [2.24, 2.45) is 0 Å². The molecule has 104 valence electrons. The van der Waals surface area contributed by atoms with Crippen LogP contribution in [0.5, 0.6) is 11.5 Å². The maximum absolute atomic E-state index is 12.0. The number of hydrogen-bond donors (Lipinski definition) is 3. The van der Waals surface area contributed by atoms with E-state index >= 15 is 0 Å². The Balaban J connectivity index is 2.05. The molecular formula is C15H16N2O3. The fraction of sp³-hybridized carbons (Fsp3) is 0.133. The molecule has 5 nitrogen and oxygen atoms in total. The Kier molecular flexibility index (Phi) is 4.10. The van der Waals surface area contributed by atoms with Crippen molar-refractivity contribution in [2.75, 3.05) is 12.8 Å². The highest BCUT2D eigenvalue weighted by atomic mass is 16.5. The number of nitrogens with one attached hydrogen (secondary N) is 1. The predicted molar refractivity (Wildman–Crippen MR) is 76.7 cm³/mol. The van der Waals surface area contributed by atoms with E-state index in [2.05, 4.69) is 5.32 Å². The molecule has 4 N–H and O–H groups in total. The predicted octanol–water partition coefficient (Wildman–Crippen LogP) is 1.91. The number of phenolic OH excluding ortho intramolecular Hbond substituents is 1. The fourth-order valence-corrected chi connectivity index (χ4v) is 1.80. The quantitative estimate of drug-likeness (QED) is 0.742. The lowest BCUT2D eigenvalue weighted by Gasteiger charge is -2.09. The normalized spacial score (nSPS) is 10.1. The first-order chi connectivity index (χ1) is 9.61. The molecule has 1 amide bonds. The Morgan fingerprint density at radius 3 is 2.70 bits per heavy atom. The molecule has 0 saturated carbocycles. The van der Waals surface area contributed by atoms with Crippen LogP contribution in [-0.4, -0.2) is 18.1 Å². The molecule has 2 aromatic carbocycles. The number of amides is 1. The van der Waals surface area contributed by atoms with E-state index in [4.69, 9.17) is 10.5 Å². The highest BCUT2D eigenvalue weighted by Gasteiger charge is 2.09. The molecule has 0 aliphatic heterocycles. The van der Waals surface area contributed by atoms with Gasteiger partial charge in [-0.05, 0) is 29.8 Å². The summed E-state index contributed by atoms with van der Waals surface area (Å²) in [6.07, 6.45) is 0. The van der Waals surface area contributed by atoms with E-state index in [1.54, 1.807) is 18.2 Å². The van der Waals surface area contributed by atoms with Crippen molar-refractivity contribution in [3.63, 3.8) is 0 Å². The SMILES string of the molecule is COc1ccc(C(=O)NCc2ccccc2N)cc1O. The van der Waals surface area contributed by atoms with Crippen LogP contribution in [0.3, 0.4) is 0 Å². The number of para-hydroxylation sites is 1. The van der Waals surface area contributed by atoms with Crippen LogP contribution < -0.4 is 15.8 Å². The molecular weight excluding hydrogens is 256 g/mol. The number of ether oxygens (including phenoxy) is 1. The second kappa shape index (κ2) is 5.97. The largest absolute Gasteiger partial charge is 0.504 e. The Hall–Kier alpha value is -2.69. The van der Waals surface area contributed by atoms with Gasteiger partial charge in [0.1, 0.15) is 0 Å². The van der Waals surface area contributed by atoms with Crippen molar-refractivity contribution in [2.45, 2.75) is 6.54 Å². The van der Waals surface area contributed by atoms with Gasteiger partial charge in [-0.1, -0.05) is 18.2 Å². The van der Waals surface area contributed by atoms with Crippen LogP contribution >= 0.6 is 0 Å². The Morgan fingerprint density at radius 2 is 2.05 bits per heavy atom. The molecule has 2 aromatic rings. The number of carbonyl (C=O) groups is 1. The molecule has 20 heavy (non-hydrogen) atoms. The molecule has 0 saturated heterocycles. The number of anilines is 1. The second-order valence-corrected chi connectivity index (χ2v) is 4.27. The van der Waals surface area contributed by atoms with Gasteiger partial charge in [0.2, 0.25) is 0 Å². The number of hydrogen-bond acceptors (Lipinski definition) is 4. The molecule has 0 heterocycles. The lowest BCUT2D eigenvalue weighted by Crippen LogP contribution is -2.23. The minimum Gasteiger partial charge on any atom is -0.504 e. The molecule has 0 aliphatic rings. The van der Waals surface area contributed by atoms with Crippen molar-refractivity contribution in [3.8, 4) is 11.5 Å². The maximum atomic E-state index is 12.0. The van der Waals surface area contributed by atoms with E-state index in [1.807, 2.05) is 18.2 Å². The summed E-state index contributed by atoms with van der Waals surface area (Å²) in [5, 5.41) is 12.4. The number of carbonyl (C=O) groups excluding carboxylic acids is 1. The number of phenols is 1. The topological polar surface area (TPSA) is 84.6 Å². The fourth-order valence-electron chi connectivity index (χ4n) is 1.80. The van der Waals surface area contributed by atoms with Gasteiger partial charge in [-0.25, -0.2) is 0 Å². The lowest BCUT2D eigenvalue weighted by molar-refractivity contribution is 0.0950. The summed E-state index contributed by atoms with van der Waals surface area (Å²) in [6, 6.07) is 11.8. The maximum Gasteiger partial charge on any atom is 0.251 e. The van der Waals surface area contributed by atoms with E-state index in [9.17, 15) is 9.90 Å². The van der Waals surface area contributed by atoms with E-state index in [0.717, 1.165) is 5.56 Å². The molecule has 0 unspecified atom stereocenters. The third-order valence-corrected chi connectivity index (χ3v) is 2.94. The number of nitrogen functional groups attached to an aromatic ring is 1. The average molecular weight is 272 g/mol. The van der Waals surface area contributed by atoms with Crippen LogP contribution in [0.2, 0.25) is 0 Å². The first-order valence-corrected chi connectivity index (χ1v) is 6.10. The van der Waals surface area contributed by atoms with Crippen molar-refractivity contribution in [1.29, 1.82) is 0 Å². The molecule has 2 rings (SSSR count). The third kappa shape index (κ3) is 3.00. The van der Waals surface area contributed by atoms with Gasteiger partial charge in [0.05, 0.1) is 7.11 Å². The first kappa shape index (κ1) is 13.7. The number of benzene rings is 2. The van der Waals surface area contributed by atoms with Crippen LogP contribution in [-0.2, 0) is 6.54 Å². The second-order valence-electron chi connectivity index (χ2n) is 4.27. The third-order valence-electron chi connectivity index (χ3n) is 2.94. The molecule has 0 atom stereocenters. The standard InChI is InChI=1S/C15H16N2O3/c1-20-14-7-6-10(8-13(14)18)15(19)17-9-11-4-2-3-5-12(11)16/h2-8,18H,9,16H2,1H3,(H,17,19). The van der Waals surface area contributed by atoms with Crippen LogP contribution in [0.1, 0.15) is 15.9 Å². The molecule has 0 spiro atoms. The van der Waals surface area contributed by atoms with Gasteiger partial charge in [0, 0.05) is 17.8 Å². The molecule has 0 fully saturated rings. The molecule has 5 heteroatoms. The van der Waals surface area contributed by atoms with Gasteiger partial charge in [-0.3, -0.25) is 4.79 Å². The van der Waals surface area contributed by atoms with Gasteiger partial charge in [-0.2, -0.15) is 0 Å². The summed E-state index contributed by atoms with van der Waals surface area (Å²) in [5.74, 6) is -0.0283. The average Bonchev–Trinajstić information content (AvgIpc) is 2.46. The van der Waals surface area contributed by atoms with Crippen molar-refractivity contribution < 1.29 is 14.6 Å². The van der Waals surface area contributed by atoms with E-state index in [-0.39, 0.29) is 11.7 Å². The van der Waals surface area contributed by atoms with Crippen molar-refractivity contribution >= 4 is 11.6 Å². The van der Waals surface area contributed by atoms with E-state index in [1.165, 1.54) is 13.2 Å². The monoisotopic (exact) mass is 272 g/mol. The summed E-state index contributed by atoms with van der Waals surface area (Å²) in [4.78, 5) is 12.0. The number of methoxy groups -OCH3 is 1. The smallest absolute Gasteiger partial charge is 0.251 e. The Morgan fingerprint density at radius 1 is 1.30 bits per heavy atom. The summed E-state index contributed by atoms with van der Waals surface area (Å²) in [7, 11) is 1.45. The van der Waals surface area contributed by atoms with Crippen LogP contribution in [0.15, 0.2) is 42.5 Å². The highest BCUT2D eigenvalue weighted by molar-refractivity contribution is 5.94. The zero-order valence-electron chi connectivity index (χ0n) is 11.1. The van der Waals surface area contributed by atoms with Crippen molar-refractivity contribution in [1.82, 2.24) is 5.32 Å². The van der Waals surface area contributed by atoms with Crippen LogP contribution in [0, 0.1) is 0 Å². The number of aromatic hydroxyl groups is 1. The minimum absolute atomic E-state index is 0.0700. The number of nitrogens with two attached hydrogens (primary N) is 1. The minimum atomic E-state index is -0.286. The summed E-state index contributed by atoms with van der Waals surface area (Å²) in [5.41, 5.74) is 7.63. The zero-order chi connectivity index (χ0) is 14.5. The summed E-state index contributed by atoms with van der Waals surface area (Å²) >= 11 is 0. The van der Waals surface area contributed by atoms with Crippen molar-refractivity contribution in [3.05, 3.63) is 53.6 Å². The van der Waals surface area contributed by atoms with E-state index in [0.29, 0.717) is 23.5 Å². The molecule has 0 aromatic heterocycles. The number of rotatable bonds is 4. The summed E-state index contributed by atoms with van der Waals surface area (Å²) in [6.45, 7) is 0.332. The first-order valence-electron chi connectivity index (χ1n) is 6.10. The molecule has 0 aliphatic carbocycles. The molecule has 0 bridgehead atoms. The van der Waals surface area contributed by atoms with Gasteiger partial charge in [0.25, 0.3) is 5.91 Å². The van der Waals surface area contributed by atoms with Gasteiger partial charge < -0.3 is 20.9 Å². The van der Waals surface area contributed by atoms with Crippen LogP contribution in [0.4, 0.5) is 5.69 Å². The zero-order valence-corrected chi connectivity index (χ0v) is 11.1. The highest BCUT2D eigenvalue weighted by Crippen LogP contribution is 2.26.